The minimum Gasteiger partial charge on any atom is -0.469 e. The second-order valence-electron chi connectivity index (χ2n) is 7.51. The number of ether oxygens (including phenoxy) is 3. The van der Waals surface area contributed by atoms with Gasteiger partial charge in [-0.3, -0.25) is 9.59 Å². The molecule has 0 amide bonds. The molecule has 8 atom stereocenters. The zero-order valence-corrected chi connectivity index (χ0v) is 13.4. The molecule has 0 radical (unpaired) electrons. The van der Waals surface area contributed by atoms with Crippen LogP contribution in [0.2, 0.25) is 0 Å². The van der Waals surface area contributed by atoms with E-state index < -0.39 is 5.41 Å². The number of methoxy groups -OCH3 is 2. The average Bonchev–Trinajstić information content (AvgIpc) is 2.92. The van der Waals surface area contributed by atoms with E-state index in [1.807, 2.05) is 0 Å². The highest BCUT2D eigenvalue weighted by atomic mass is 16.6. The van der Waals surface area contributed by atoms with Gasteiger partial charge in [0.15, 0.2) is 0 Å². The Morgan fingerprint density at radius 2 is 2.09 bits per heavy atom. The van der Waals surface area contributed by atoms with Crippen molar-refractivity contribution in [2.24, 2.45) is 35.0 Å². The Bertz CT molecular complexity index is 517. The smallest absolute Gasteiger partial charge is 0.313 e. The maximum atomic E-state index is 12.8. The van der Waals surface area contributed by atoms with Crippen LogP contribution in [0.3, 0.4) is 0 Å². The van der Waals surface area contributed by atoms with Crippen molar-refractivity contribution in [2.75, 3.05) is 14.2 Å². The number of hydrogen-bond donors (Lipinski definition) is 0. The summed E-state index contributed by atoms with van der Waals surface area (Å²) in [6.07, 6.45) is 3.39. The van der Waals surface area contributed by atoms with Crippen LogP contribution in [0.5, 0.6) is 0 Å². The predicted molar refractivity (Wildman–Crippen MR) is 76.7 cm³/mol. The van der Waals surface area contributed by atoms with Crippen molar-refractivity contribution in [3.63, 3.8) is 0 Å². The zero-order chi connectivity index (χ0) is 15.6. The Kier molecular flexibility index (Phi) is 3.09. The lowest BCUT2D eigenvalue weighted by atomic mass is 9.48. The highest BCUT2D eigenvalue weighted by molar-refractivity contribution is 5.81. The molecule has 5 fully saturated rings. The highest BCUT2D eigenvalue weighted by Crippen LogP contribution is 2.68. The summed E-state index contributed by atoms with van der Waals surface area (Å²) in [6.45, 7) is 2.13. The molecule has 122 valence electrons. The molecule has 2 aliphatic heterocycles. The number of rotatable bonds is 2. The van der Waals surface area contributed by atoms with Crippen LogP contribution in [0.4, 0.5) is 0 Å². The van der Waals surface area contributed by atoms with Crippen molar-refractivity contribution < 1.29 is 23.8 Å². The van der Waals surface area contributed by atoms with Crippen LogP contribution in [0, 0.1) is 35.0 Å². The molecule has 0 unspecified atom stereocenters. The van der Waals surface area contributed by atoms with E-state index in [0.29, 0.717) is 0 Å². The van der Waals surface area contributed by atoms with Crippen LogP contribution in [0.25, 0.3) is 0 Å². The van der Waals surface area contributed by atoms with Crippen LogP contribution in [0.15, 0.2) is 0 Å². The van der Waals surface area contributed by atoms with Gasteiger partial charge in [0.05, 0.1) is 24.5 Å². The van der Waals surface area contributed by atoms with Gasteiger partial charge in [-0.15, -0.1) is 0 Å². The third kappa shape index (κ3) is 1.48. The summed E-state index contributed by atoms with van der Waals surface area (Å²) in [5.74, 6) is 0.677. The normalized spacial score (nSPS) is 52.1. The third-order valence-corrected chi connectivity index (χ3v) is 7.14. The summed E-state index contributed by atoms with van der Waals surface area (Å²) in [5, 5.41) is 0. The molecule has 5 heteroatoms. The molecular weight excluding hydrogens is 284 g/mol. The fourth-order valence-electron chi connectivity index (χ4n) is 6.39. The van der Waals surface area contributed by atoms with Crippen LogP contribution in [-0.4, -0.2) is 38.4 Å². The minimum absolute atomic E-state index is 0.0465. The largest absolute Gasteiger partial charge is 0.469 e. The molecule has 2 heterocycles. The monoisotopic (exact) mass is 308 g/mol. The average molecular weight is 308 g/mol. The Labute approximate surface area is 130 Å². The van der Waals surface area contributed by atoms with E-state index in [4.69, 9.17) is 14.2 Å². The topological polar surface area (TPSA) is 61.8 Å². The molecule has 0 aromatic carbocycles. The maximum Gasteiger partial charge on any atom is 0.313 e. The predicted octanol–water partition coefficient (Wildman–Crippen LogP) is 1.79. The SMILES string of the molecule is COC(=O)[C@H]1C[C@@H]2[C@H]3OC(=O)[C@]4(CCC[C@H]1[C@H]24)[C@H](C)[C@H]3OC. The molecule has 5 nitrogen and oxygen atoms in total. The molecule has 3 saturated carbocycles. The van der Waals surface area contributed by atoms with Crippen molar-refractivity contribution in [1.82, 2.24) is 0 Å². The zero-order valence-electron chi connectivity index (χ0n) is 13.4. The van der Waals surface area contributed by atoms with E-state index in [0.717, 1.165) is 25.7 Å². The molecule has 5 aliphatic rings. The summed E-state index contributed by atoms with van der Waals surface area (Å²) in [7, 11) is 3.16. The Balaban J connectivity index is 1.80. The molecule has 0 aromatic heterocycles. The Hall–Kier alpha value is -1.10. The quantitative estimate of drug-likeness (QED) is 0.728. The molecule has 1 spiro atoms. The van der Waals surface area contributed by atoms with Gasteiger partial charge >= 0.3 is 11.9 Å². The maximum absolute atomic E-state index is 12.8. The summed E-state index contributed by atoms with van der Waals surface area (Å²) < 4.78 is 16.5. The molecule has 22 heavy (non-hydrogen) atoms. The Morgan fingerprint density at radius 1 is 1.32 bits per heavy atom. The van der Waals surface area contributed by atoms with Gasteiger partial charge in [0.1, 0.15) is 6.10 Å². The van der Waals surface area contributed by atoms with Crippen LogP contribution in [-0.2, 0) is 23.8 Å². The number of hydrogen-bond acceptors (Lipinski definition) is 5. The summed E-state index contributed by atoms with van der Waals surface area (Å²) in [6, 6.07) is 0. The van der Waals surface area contributed by atoms with Gasteiger partial charge in [0.25, 0.3) is 0 Å². The van der Waals surface area contributed by atoms with Gasteiger partial charge in [-0.2, -0.15) is 0 Å². The summed E-state index contributed by atoms with van der Waals surface area (Å²) in [5.41, 5.74) is -0.453. The fourth-order valence-corrected chi connectivity index (χ4v) is 6.39. The van der Waals surface area contributed by atoms with Crippen molar-refractivity contribution in [2.45, 2.75) is 44.8 Å². The third-order valence-electron chi connectivity index (χ3n) is 7.14. The number of fused-ring (bicyclic) bond motifs is 2. The molecule has 0 N–H and O–H groups in total. The van der Waals surface area contributed by atoms with Gasteiger partial charge in [0.2, 0.25) is 0 Å². The van der Waals surface area contributed by atoms with Crippen molar-refractivity contribution in [3.8, 4) is 0 Å². The second kappa shape index (κ2) is 4.70. The van der Waals surface area contributed by atoms with Gasteiger partial charge in [-0.25, -0.2) is 0 Å². The van der Waals surface area contributed by atoms with Gasteiger partial charge in [0, 0.05) is 18.9 Å². The first-order chi connectivity index (χ1) is 10.6. The summed E-state index contributed by atoms with van der Waals surface area (Å²) >= 11 is 0. The number of carbonyl (C=O) groups is 2. The van der Waals surface area contributed by atoms with Gasteiger partial charge in [-0.05, 0) is 31.1 Å². The molecule has 2 bridgehead atoms. The van der Waals surface area contributed by atoms with Crippen LogP contribution >= 0.6 is 0 Å². The summed E-state index contributed by atoms with van der Waals surface area (Å²) in [4.78, 5) is 25.0. The first-order valence-electron chi connectivity index (χ1n) is 8.38. The second-order valence-corrected chi connectivity index (χ2v) is 7.51. The van der Waals surface area contributed by atoms with Crippen molar-refractivity contribution in [1.29, 1.82) is 0 Å². The first kappa shape index (κ1) is 14.5. The lowest BCUT2D eigenvalue weighted by Crippen LogP contribution is -2.69. The van der Waals surface area contributed by atoms with E-state index in [9.17, 15) is 9.59 Å². The standard InChI is InChI=1S/C17H24O5/c1-8-13(20-2)14-11-7-10(15(18)21-3)9-5-4-6-17(8,12(9)11)16(19)22-14/h8-14H,4-7H2,1-3H3/t8-,9-,10+,11+,12-,13-,14-,17-/m1/s1. The highest BCUT2D eigenvalue weighted by Gasteiger charge is 2.73. The molecule has 2 saturated heterocycles. The first-order valence-corrected chi connectivity index (χ1v) is 8.38. The van der Waals surface area contributed by atoms with E-state index in [1.165, 1.54) is 7.11 Å². The van der Waals surface area contributed by atoms with Gasteiger partial charge < -0.3 is 14.2 Å². The van der Waals surface area contributed by atoms with Crippen LogP contribution < -0.4 is 0 Å². The number of esters is 2. The van der Waals surface area contributed by atoms with Crippen LogP contribution in [0.1, 0.15) is 32.6 Å². The van der Waals surface area contributed by atoms with E-state index >= 15 is 0 Å². The fraction of sp³-hybridized carbons (Fsp3) is 0.882. The molecular formula is C17H24O5. The molecule has 3 aliphatic carbocycles. The Morgan fingerprint density at radius 3 is 2.77 bits per heavy atom. The number of carbonyl (C=O) groups excluding carboxylic acids is 2. The lowest BCUT2D eigenvalue weighted by molar-refractivity contribution is -0.258. The van der Waals surface area contributed by atoms with Crippen molar-refractivity contribution in [3.05, 3.63) is 0 Å². The molecule has 5 rings (SSSR count). The van der Waals surface area contributed by atoms with E-state index in [2.05, 4.69) is 6.92 Å². The molecule has 0 aromatic rings. The minimum atomic E-state index is -0.453. The van der Waals surface area contributed by atoms with Gasteiger partial charge in [-0.1, -0.05) is 13.3 Å². The van der Waals surface area contributed by atoms with Crippen molar-refractivity contribution >= 4 is 11.9 Å². The van der Waals surface area contributed by atoms with E-state index in [-0.39, 0.29) is 53.7 Å². The lowest BCUT2D eigenvalue weighted by Gasteiger charge is -2.61. The van der Waals surface area contributed by atoms with E-state index in [1.54, 1.807) is 7.11 Å².